The molecular weight excluding hydrogens is 284 g/mol. The normalized spacial score (nSPS) is 21.2. The van der Waals surface area contributed by atoms with Crippen molar-refractivity contribution in [3.63, 3.8) is 0 Å². The molecule has 4 nitrogen and oxygen atoms in total. The third kappa shape index (κ3) is 3.65. The van der Waals surface area contributed by atoms with Gasteiger partial charge in [0.2, 0.25) is 10.0 Å². The van der Waals surface area contributed by atoms with Crippen molar-refractivity contribution in [1.29, 1.82) is 0 Å². The van der Waals surface area contributed by atoms with Gasteiger partial charge in [-0.05, 0) is 56.3 Å². The SMILES string of the molecule is CNCc1cccc(S(=O)(=O)N2CCCC(C)CC2)c1C. The smallest absolute Gasteiger partial charge is 0.243 e. The number of nitrogens with one attached hydrogen (secondary N) is 1. The highest BCUT2D eigenvalue weighted by Gasteiger charge is 2.28. The summed E-state index contributed by atoms with van der Waals surface area (Å²) in [5, 5.41) is 3.09. The molecule has 0 amide bonds. The Hall–Kier alpha value is -0.910. The van der Waals surface area contributed by atoms with Crippen molar-refractivity contribution >= 4 is 10.0 Å². The predicted octanol–water partition coefficient (Wildman–Crippen LogP) is 2.53. The molecule has 1 atom stereocenters. The third-order valence-corrected chi connectivity index (χ3v) is 6.40. The average molecular weight is 310 g/mol. The maximum absolute atomic E-state index is 12.9. The van der Waals surface area contributed by atoms with Crippen LogP contribution in [0.25, 0.3) is 0 Å². The molecule has 0 saturated carbocycles. The van der Waals surface area contributed by atoms with Crippen molar-refractivity contribution in [3.05, 3.63) is 29.3 Å². The number of hydrogen-bond donors (Lipinski definition) is 1. The lowest BCUT2D eigenvalue weighted by Gasteiger charge is -2.22. The van der Waals surface area contributed by atoms with E-state index in [4.69, 9.17) is 0 Å². The zero-order valence-electron chi connectivity index (χ0n) is 13.2. The molecular formula is C16H26N2O2S. The van der Waals surface area contributed by atoms with E-state index >= 15 is 0 Å². The Morgan fingerprint density at radius 3 is 2.76 bits per heavy atom. The van der Waals surface area contributed by atoms with Crippen LogP contribution in [0.4, 0.5) is 0 Å². The van der Waals surface area contributed by atoms with Gasteiger partial charge in [0.05, 0.1) is 4.90 Å². The first-order valence-electron chi connectivity index (χ1n) is 7.70. The highest BCUT2D eigenvalue weighted by atomic mass is 32.2. The lowest BCUT2D eigenvalue weighted by molar-refractivity contribution is 0.416. The zero-order valence-corrected chi connectivity index (χ0v) is 14.0. The van der Waals surface area contributed by atoms with Crippen LogP contribution in [0.1, 0.15) is 37.3 Å². The summed E-state index contributed by atoms with van der Waals surface area (Å²) in [7, 11) is -1.50. The Bertz CT molecular complexity index is 584. The predicted molar refractivity (Wildman–Crippen MR) is 85.7 cm³/mol. The molecule has 118 valence electrons. The molecule has 0 aliphatic carbocycles. The van der Waals surface area contributed by atoms with E-state index in [1.807, 2.05) is 26.1 Å². The molecule has 1 aromatic carbocycles. The Labute approximate surface area is 128 Å². The van der Waals surface area contributed by atoms with Gasteiger partial charge in [0.25, 0.3) is 0 Å². The Morgan fingerprint density at radius 1 is 1.29 bits per heavy atom. The van der Waals surface area contributed by atoms with Crippen molar-refractivity contribution < 1.29 is 8.42 Å². The highest BCUT2D eigenvalue weighted by Crippen LogP contribution is 2.26. The van der Waals surface area contributed by atoms with Gasteiger partial charge in [0.1, 0.15) is 0 Å². The fourth-order valence-electron chi connectivity index (χ4n) is 2.94. The van der Waals surface area contributed by atoms with Crippen molar-refractivity contribution in [1.82, 2.24) is 9.62 Å². The van der Waals surface area contributed by atoms with Crippen LogP contribution in [0.5, 0.6) is 0 Å². The zero-order chi connectivity index (χ0) is 15.5. The van der Waals surface area contributed by atoms with Crippen LogP contribution in [-0.4, -0.2) is 32.9 Å². The Kier molecular flexibility index (Phi) is 5.41. The van der Waals surface area contributed by atoms with Crippen molar-refractivity contribution in [2.24, 2.45) is 5.92 Å². The first-order chi connectivity index (χ1) is 9.96. The summed E-state index contributed by atoms with van der Waals surface area (Å²) < 4.78 is 27.5. The Morgan fingerprint density at radius 2 is 2.05 bits per heavy atom. The van der Waals surface area contributed by atoms with Crippen molar-refractivity contribution in [2.45, 2.75) is 44.6 Å². The quantitative estimate of drug-likeness (QED) is 0.929. The summed E-state index contributed by atoms with van der Waals surface area (Å²) in [6, 6.07) is 5.56. The van der Waals surface area contributed by atoms with E-state index in [9.17, 15) is 8.42 Å². The second kappa shape index (κ2) is 6.90. The van der Waals surface area contributed by atoms with Gasteiger partial charge in [-0.2, -0.15) is 4.31 Å². The molecule has 1 fully saturated rings. The van der Waals surface area contributed by atoms with Crippen LogP contribution in [0.2, 0.25) is 0 Å². The number of rotatable bonds is 4. The monoisotopic (exact) mass is 310 g/mol. The topological polar surface area (TPSA) is 49.4 Å². The fourth-order valence-corrected chi connectivity index (χ4v) is 4.70. The highest BCUT2D eigenvalue weighted by molar-refractivity contribution is 7.89. The summed E-state index contributed by atoms with van der Waals surface area (Å²) in [5.74, 6) is 0.613. The van der Waals surface area contributed by atoms with E-state index in [0.717, 1.165) is 30.4 Å². The van der Waals surface area contributed by atoms with Gasteiger partial charge in [-0.3, -0.25) is 0 Å². The number of sulfonamides is 1. The summed E-state index contributed by atoms with van der Waals surface area (Å²) in [6.45, 7) is 6.07. The molecule has 1 unspecified atom stereocenters. The maximum Gasteiger partial charge on any atom is 0.243 e. The Balaban J connectivity index is 2.33. The minimum Gasteiger partial charge on any atom is -0.316 e. The molecule has 0 aromatic heterocycles. The molecule has 2 rings (SSSR count). The van der Waals surface area contributed by atoms with E-state index in [2.05, 4.69) is 12.2 Å². The van der Waals surface area contributed by atoms with Gasteiger partial charge >= 0.3 is 0 Å². The first kappa shape index (κ1) is 16.5. The van der Waals surface area contributed by atoms with E-state index in [1.165, 1.54) is 0 Å². The molecule has 1 saturated heterocycles. The first-order valence-corrected chi connectivity index (χ1v) is 9.14. The molecule has 1 N–H and O–H groups in total. The summed E-state index contributed by atoms with van der Waals surface area (Å²) in [5.41, 5.74) is 1.91. The lowest BCUT2D eigenvalue weighted by Crippen LogP contribution is -2.32. The van der Waals surface area contributed by atoms with E-state index < -0.39 is 10.0 Å². The fraction of sp³-hybridized carbons (Fsp3) is 0.625. The van der Waals surface area contributed by atoms with Gasteiger partial charge < -0.3 is 5.32 Å². The number of hydrogen-bond acceptors (Lipinski definition) is 3. The molecule has 1 heterocycles. The van der Waals surface area contributed by atoms with E-state index in [0.29, 0.717) is 30.4 Å². The van der Waals surface area contributed by atoms with Gasteiger partial charge in [-0.1, -0.05) is 19.1 Å². The minimum absolute atomic E-state index is 0.463. The average Bonchev–Trinajstić information content (AvgIpc) is 2.66. The van der Waals surface area contributed by atoms with Crippen molar-refractivity contribution in [2.75, 3.05) is 20.1 Å². The second-order valence-corrected chi connectivity index (χ2v) is 7.92. The number of nitrogens with zero attached hydrogens (tertiary/aromatic N) is 1. The largest absolute Gasteiger partial charge is 0.316 e. The molecule has 0 bridgehead atoms. The van der Waals surface area contributed by atoms with Gasteiger partial charge in [0, 0.05) is 19.6 Å². The standard InChI is InChI=1S/C16H26N2O2S/c1-13-6-5-10-18(11-9-13)21(19,20)16-8-4-7-15(12-17-3)14(16)2/h4,7-8,13,17H,5-6,9-12H2,1-3H3. The summed E-state index contributed by atoms with van der Waals surface area (Å²) >= 11 is 0. The maximum atomic E-state index is 12.9. The molecule has 1 aromatic rings. The van der Waals surface area contributed by atoms with Crippen LogP contribution in [0, 0.1) is 12.8 Å². The molecule has 21 heavy (non-hydrogen) atoms. The van der Waals surface area contributed by atoms with Crippen LogP contribution in [0.15, 0.2) is 23.1 Å². The van der Waals surface area contributed by atoms with Gasteiger partial charge in [-0.25, -0.2) is 8.42 Å². The third-order valence-electron chi connectivity index (χ3n) is 4.36. The molecule has 1 aliphatic rings. The van der Waals surface area contributed by atoms with Gasteiger partial charge in [0.15, 0.2) is 0 Å². The van der Waals surface area contributed by atoms with Gasteiger partial charge in [-0.15, -0.1) is 0 Å². The molecule has 0 spiro atoms. The van der Waals surface area contributed by atoms with E-state index in [1.54, 1.807) is 10.4 Å². The van der Waals surface area contributed by atoms with Crippen molar-refractivity contribution in [3.8, 4) is 0 Å². The number of benzene rings is 1. The van der Waals surface area contributed by atoms with Crippen LogP contribution >= 0.6 is 0 Å². The minimum atomic E-state index is -3.37. The lowest BCUT2D eigenvalue weighted by atomic mass is 10.0. The van der Waals surface area contributed by atoms with Crippen LogP contribution in [-0.2, 0) is 16.6 Å². The van der Waals surface area contributed by atoms with E-state index in [-0.39, 0.29) is 0 Å². The molecule has 0 radical (unpaired) electrons. The molecule has 5 heteroatoms. The molecule has 1 aliphatic heterocycles. The van der Waals surface area contributed by atoms with Crippen LogP contribution in [0.3, 0.4) is 0 Å². The summed E-state index contributed by atoms with van der Waals surface area (Å²) in [4.78, 5) is 0.463. The summed E-state index contributed by atoms with van der Waals surface area (Å²) in [6.07, 6.45) is 3.02. The van der Waals surface area contributed by atoms with Crippen LogP contribution < -0.4 is 5.32 Å². The second-order valence-electron chi connectivity index (χ2n) is 6.01.